The van der Waals surface area contributed by atoms with Crippen LogP contribution in [0.4, 0.5) is 10.3 Å². The number of aliphatic hydroxyl groups is 5. The number of β-amino-alcohol motifs (C(OH)–C–C–N with tert-alkyl or cyclic N) is 1. The van der Waals surface area contributed by atoms with Gasteiger partial charge in [0, 0.05) is 45.3 Å². The molecule has 1 spiro atoms. The Balaban J connectivity index is 1.00. The topological polar surface area (TPSA) is 163 Å². The molecule has 45 heavy (non-hydrogen) atoms. The van der Waals surface area contributed by atoms with Gasteiger partial charge in [0.2, 0.25) is 11.9 Å². The van der Waals surface area contributed by atoms with Crippen LogP contribution in [0.25, 0.3) is 0 Å². The van der Waals surface area contributed by atoms with E-state index in [4.69, 9.17) is 21.4 Å². The summed E-state index contributed by atoms with van der Waals surface area (Å²) >= 11 is 5.88. The molecule has 1 amide bonds. The van der Waals surface area contributed by atoms with Crippen LogP contribution in [0.2, 0.25) is 5.02 Å². The third-order valence-corrected chi connectivity index (χ3v) is 9.57. The van der Waals surface area contributed by atoms with Gasteiger partial charge in [0.05, 0.1) is 48.7 Å². The monoisotopic (exact) mass is 651 g/mol. The van der Waals surface area contributed by atoms with E-state index in [2.05, 4.69) is 14.9 Å². The molecule has 3 saturated heterocycles. The smallest absolute Gasteiger partial charge is 0.227 e. The number of benzene rings is 1. The second kappa shape index (κ2) is 14.8. The van der Waals surface area contributed by atoms with Gasteiger partial charge >= 0.3 is 0 Å². The molecule has 1 aromatic heterocycles. The summed E-state index contributed by atoms with van der Waals surface area (Å²) in [7, 11) is 0. The number of likely N-dealkylation sites (tertiary alicyclic amines) is 2. The molecule has 4 unspecified atom stereocenters. The first-order valence-corrected chi connectivity index (χ1v) is 16.0. The quantitative estimate of drug-likeness (QED) is 0.182. The molecule has 5 rings (SSSR count). The van der Waals surface area contributed by atoms with Crippen LogP contribution in [0.1, 0.15) is 37.7 Å². The van der Waals surface area contributed by atoms with E-state index in [1.54, 1.807) is 29.4 Å². The molecular weight excluding hydrogens is 609 g/mol. The normalized spacial score (nSPS) is 21.1. The molecule has 1 aromatic carbocycles. The van der Waals surface area contributed by atoms with E-state index in [9.17, 15) is 29.6 Å². The molecule has 4 heterocycles. The zero-order valence-corrected chi connectivity index (χ0v) is 26.0. The molecule has 0 saturated carbocycles. The van der Waals surface area contributed by atoms with Crippen molar-refractivity contribution < 1.29 is 39.5 Å². The molecule has 12 nitrogen and oxygen atoms in total. The third-order valence-electron chi connectivity index (χ3n) is 9.38. The standard InChI is InChI=1S/C31H43ClFN5O7/c32-22-14-34-30(35-15-22)37-8-5-20(6-9-37)2-1-11-45-23-4-3-21(24(33)13-23)12-27(42)38-10-7-31(38)18-36(19-31)16-25(40)28(43)29(44)26(41)17-39/h3-4,13-15,20,25-26,28-29,39-41,43-44H,1-2,5-12,16-19H2. The van der Waals surface area contributed by atoms with E-state index in [1.807, 2.05) is 4.90 Å². The van der Waals surface area contributed by atoms with Crippen molar-refractivity contribution in [2.45, 2.75) is 68.5 Å². The number of carbonyl (C=O) groups excluding carboxylic acids is 1. The maximum Gasteiger partial charge on any atom is 0.227 e. The average Bonchev–Trinajstić information content (AvgIpc) is 3.00. The lowest BCUT2D eigenvalue weighted by atomic mass is 9.76. The minimum absolute atomic E-state index is 0.0370. The maximum absolute atomic E-state index is 14.9. The van der Waals surface area contributed by atoms with Crippen molar-refractivity contribution in [3.63, 3.8) is 0 Å². The van der Waals surface area contributed by atoms with Crippen molar-refractivity contribution in [3.8, 4) is 5.75 Å². The van der Waals surface area contributed by atoms with Crippen LogP contribution in [0.15, 0.2) is 30.6 Å². The van der Waals surface area contributed by atoms with Gasteiger partial charge in [0.15, 0.2) is 0 Å². The van der Waals surface area contributed by atoms with Crippen LogP contribution in [0.3, 0.4) is 0 Å². The molecule has 4 atom stereocenters. The number of nitrogens with zero attached hydrogens (tertiary/aromatic N) is 5. The molecule has 248 valence electrons. The molecule has 0 bridgehead atoms. The molecule has 3 fully saturated rings. The molecule has 3 aliphatic rings. The van der Waals surface area contributed by atoms with Gasteiger partial charge in [-0.2, -0.15) is 0 Å². The highest BCUT2D eigenvalue weighted by Gasteiger charge is 2.55. The number of piperidine rings is 1. The zero-order chi connectivity index (χ0) is 32.1. The van der Waals surface area contributed by atoms with Crippen LogP contribution in [0, 0.1) is 11.7 Å². The number of aromatic nitrogens is 2. The first kappa shape index (κ1) is 33.7. The van der Waals surface area contributed by atoms with Crippen molar-refractivity contribution in [3.05, 3.63) is 47.0 Å². The minimum Gasteiger partial charge on any atom is -0.493 e. The summed E-state index contributed by atoms with van der Waals surface area (Å²) in [6, 6.07) is 4.63. The first-order valence-electron chi connectivity index (χ1n) is 15.6. The number of amides is 1. The van der Waals surface area contributed by atoms with E-state index < -0.39 is 36.8 Å². The first-order chi connectivity index (χ1) is 21.6. The van der Waals surface area contributed by atoms with Gasteiger partial charge < -0.3 is 40.1 Å². The van der Waals surface area contributed by atoms with Crippen LogP contribution in [0.5, 0.6) is 5.75 Å². The van der Waals surface area contributed by atoms with Crippen molar-refractivity contribution in [2.75, 3.05) is 57.4 Å². The lowest BCUT2D eigenvalue weighted by Crippen LogP contribution is -2.78. The molecule has 14 heteroatoms. The lowest BCUT2D eigenvalue weighted by Gasteiger charge is -2.63. The summed E-state index contributed by atoms with van der Waals surface area (Å²) in [6.07, 6.45) is 1.70. The van der Waals surface area contributed by atoms with Crippen LogP contribution in [-0.4, -0.2) is 134 Å². The van der Waals surface area contributed by atoms with Gasteiger partial charge in [0.1, 0.15) is 29.9 Å². The van der Waals surface area contributed by atoms with Crippen molar-refractivity contribution >= 4 is 23.5 Å². The molecule has 3 aliphatic heterocycles. The van der Waals surface area contributed by atoms with Gasteiger partial charge in [-0.3, -0.25) is 9.69 Å². The van der Waals surface area contributed by atoms with E-state index in [1.165, 1.54) is 6.07 Å². The predicted octanol–water partition coefficient (Wildman–Crippen LogP) is 0.610. The number of rotatable bonds is 14. The van der Waals surface area contributed by atoms with Crippen molar-refractivity contribution in [2.24, 2.45) is 5.92 Å². The zero-order valence-electron chi connectivity index (χ0n) is 25.2. The Morgan fingerprint density at radius 3 is 2.38 bits per heavy atom. The number of anilines is 1. The predicted molar refractivity (Wildman–Crippen MR) is 163 cm³/mol. The van der Waals surface area contributed by atoms with Crippen molar-refractivity contribution in [1.82, 2.24) is 19.8 Å². The summed E-state index contributed by atoms with van der Waals surface area (Å²) in [5.41, 5.74) is -0.0814. The maximum atomic E-state index is 14.9. The van der Waals surface area contributed by atoms with Gasteiger partial charge in [-0.25, -0.2) is 14.4 Å². The number of ether oxygens (including phenoxy) is 1. The Hall–Kier alpha value is -2.65. The average molecular weight is 652 g/mol. The number of hydrogen-bond donors (Lipinski definition) is 5. The van der Waals surface area contributed by atoms with Gasteiger partial charge in [-0.15, -0.1) is 0 Å². The fourth-order valence-electron chi connectivity index (χ4n) is 6.58. The number of carbonyl (C=O) groups is 1. The largest absolute Gasteiger partial charge is 0.493 e. The molecule has 0 aliphatic carbocycles. The van der Waals surface area contributed by atoms with E-state index >= 15 is 0 Å². The Morgan fingerprint density at radius 1 is 1.07 bits per heavy atom. The second-order valence-corrected chi connectivity index (χ2v) is 13.0. The summed E-state index contributed by atoms with van der Waals surface area (Å²) in [4.78, 5) is 27.4. The number of hydrogen-bond acceptors (Lipinski definition) is 11. The summed E-state index contributed by atoms with van der Waals surface area (Å²) in [6.45, 7) is 3.09. The Morgan fingerprint density at radius 2 is 1.76 bits per heavy atom. The fourth-order valence-corrected chi connectivity index (χ4v) is 6.68. The third kappa shape index (κ3) is 8.02. The Labute approximate surface area is 267 Å². The Bertz CT molecular complexity index is 1280. The van der Waals surface area contributed by atoms with Crippen LogP contribution in [-0.2, 0) is 11.2 Å². The van der Waals surface area contributed by atoms with E-state index in [-0.39, 0.29) is 24.4 Å². The highest BCUT2D eigenvalue weighted by molar-refractivity contribution is 6.30. The van der Waals surface area contributed by atoms with Crippen molar-refractivity contribution in [1.29, 1.82) is 0 Å². The molecule has 2 aromatic rings. The summed E-state index contributed by atoms with van der Waals surface area (Å²) < 4.78 is 20.7. The number of aliphatic hydroxyl groups excluding tert-OH is 5. The minimum atomic E-state index is -1.68. The fraction of sp³-hybridized carbons (Fsp3) is 0.645. The van der Waals surface area contributed by atoms with Crippen LogP contribution < -0.4 is 9.64 Å². The lowest BCUT2D eigenvalue weighted by molar-refractivity contribution is -0.173. The van der Waals surface area contributed by atoms with E-state index in [0.717, 1.165) is 45.2 Å². The number of halogens is 2. The second-order valence-electron chi connectivity index (χ2n) is 12.5. The molecule has 5 N–H and O–H groups in total. The highest BCUT2D eigenvalue weighted by Crippen LogP contribution is 2.40. The van der Waals surface area contributed by atoms with Crippen LogP contribution >= 0.6 is 11.6 Å². The summed E-state index contributed by atoms with van der Waals surface area (Å²) in [5, 5.41) is 49.1. The van der Waals surface area contributed by atoms with Gasteiger partial charge in [-0.1, -0.05) is 17.7 Å². The SMILES string of the molecule is O=C(Cc1ccc(OCCCC2CCN(c3ncc(Cl)cn3)CC2)cc1F)N1CCC12CN(CC(O)C(O)C(O)C(O)CO)C2. The van der Waals surface area contributed by atoms with E-state index in [0.29, 0.717) is 54.4 Å². The highest BCUT2D eigenvalue weighted by atomic mass is 35.5. The molecule has 0 radical (unpaired) electrons. The summed E-state index contributed by atoms with van der Waals surface area (Å²) in [5.74, 6) is 1.07. The molecular formula is C31H43ClFN5O7. The van der Waals surface area contributed by atoms with Gasteiger partial charge in [-0.05, 0) is 49.7 Å². The van der Waals surface area contributed by atoms with Gasteiger partial charge in [0.25, 0.3) is 0 Å². The Kier molecular flexibility index (Phi) is 11.1.